The highest BCUT2D eigenvalue weighted by Gasteiger charge is 2.09. The lowest BCUT2D eigenvalue weighted by Crippen LogP contribution is -2.10. The number of amides is 1. The van der Waals surface area contributed by atoms with Crippen LogP contribution in [0.2, 0.25) is 0 Å². The highest BCUT2D eigenvalue weighted by Crippen LogP contribution is 2.23. The van der Waals surface area contributed by atoms with Crippen LogP contribution in [-0.4, -0.2) is 15.9 Å². The van der Waals surface area contributed by atoms with Crippen LogP contribution in [-0.2, 0) is 0 Å². The van der Waals surface area contributed by atoms with E-state index in [0.717, 1.165) is 26.6 Å². The Hall–Kier alpha value is -2.05. The predicted molar refractivity (Wildman–Crippen MR) is 92.2 cm³/mol. The molecule has 0 spiro atoms. The minimum atomic E-state index is -0.127. The van der Waals surface area contributed by atoms with Crippen molar-refractivity contribution >= 4 is 38.9 Å². The summed E-state index contributed by atoms with van der Waals surface area (Å²) in [5.41, 5.74) is 3.15. The van der Waals surface area contributed by atoms with Gasteiger partial charge in [0.1, 0.15) is 5.82 Å². The standard InChI is InChI=1S/C16H12BrN3OS/c1-10-18-6-5-14(19-10)11-3-2-4-13(7-11)20-16(21)12-8-15(17)22-9-12/h2-9H,1H3,(H,20,21). The quantitative estimate of drug-likeness (QED) is 0.733. The van der Waals surface area contributed by atoms with Crippen molar-refractivity contribution in [3.63, 3.8) is 0 Å². The maximum Gasteiger partial charge on any atom is 0.256 e. The number of nitrogens with zero attached hydrogens (tertiary/aromatic N) is 2. The van der Waals surface area contributed by atoms with E-state index in [0.29, 0.717) is 5.56 Å². The van der Waals surface area contributed by atoms with E-state index in [-0.39, 0.29) is 5.91 Å². The summed E-state index contributed by atoms with van der Waals surface area (Å²) in [6.45, 7) is 1.85. The van der Waals surface area contributed by atoms with Gasteiger partial charge in [0.25, 0.3) is 5.91 Å². The van der Waals surface area contributed by atoms with Crippen LogP contribution >= 0.6 is 27.3 Å². The van der Waals surface area contributed by atoms with E-state index in [1.165, 1.54) is 11.3 Å². The number of aromatic nitrogens is 2. The summed E-state index contributed by atoms with van der Waals surface area (Å²) in [6.07, 6.45) is 1.73. The molecule has 0 bridgehead atoms. The highest BCUT2D eigenvalue weighted by molar-refractivity contribution is 9.11. The zero-order valence-electron chi connectivity index (χ0n) is 11.7. The van der Waals surface area contributed by atoms with Gasteiger partial charge in [-0.1, -0.05) is 12.1 Å². The molecule has 4 nitrogen and oxygen atoms in total. The van der Waals surface area contributed by atoms with Gasteiger partial charge in [-0.25, -0.2) is 9.97 Å². The van der Waals surface area contributed by atoms with E-state index < -0.39 is 0 Å². The first-order valence-electron chi connectivity index (χ1n) is 6.57. The molecule has 3 aromatic rings. The summed E-state index contributed by atoms with van der Waals surface area (Å²) < 4.78 is 0.933. The number of nitrogens with one attached hydrogen (secondary N) is 1. The summed E-state index contributed by atoms with van der Waals surface area (Å²) in [6, 6.07) is 11.3. The number of anilines is 1. The smallest absolute Gasteiger partial charge is 0.256 e. The van der Waals surface area contributed by atoms with Gasteiger partial charge in [0, 0.05) is 22.8 Å². The average molecular weight is 374 g/mol. The molecule has 22 heavy (non-hydrogen) atoms. The average Bonchev–Trinajstić information content (AvgIpc) is 2.94. The molecule has 1 N–H and O–H groups in total. The number of hydrogen-bond acceptors (Lipinski definition) is 4. The molecule has 0 saturated heterocycles. The van der Waals surface area contributed by atoms with Crippen LogP contribution in [0, 0.1) is 6.92 Å². The van der Waals surface area contributed by atoms with E-state index in [2.05, 4.69) is 31.2 Å². The van der Waals surface area contributed by atoms with Crippen molar-refractivity contribution in [2.45, 2.75) is 6.92 Å². The molecular weight excluding hydrogens is 362 g/mol. The lowest BCUT2D eigenvalue weighted by molar-refractivity contribution is 0.102. The van der Waals surface area contributed by atoms with Crippen LogP contribution < -0.4 is 5.32 Å². The van der Waals surface area contributed by atoms with Gasteiger partial charge in [-0.15, -0.1) is 11.3 Å². The van der Waals surface area contributed by atoms with Crippen molar-refractivity contribution < 1.29 is 4.79 Å². The molecule has 6 heteroatoms. The Morgan fingerprint density at radius 1 is 1.27 bits per heavy atom. The molecule has 0 aliphatic rings. The topological polar surface area (TPSA) is 54.9 Å². The Balaban J connectivity index is 1.84. The predicted octanol–water partition coefficient (Wildman–Crippen LogP) is 4.53. The van der Waals surface area contributed by atoms with Crippen LogP contribution in [0.4, 0.5) is 5.69 Å². The maximum atomic E-state index is 12.2. The maximum absolute atomic E-state index is 12.2. The molecule has 0 unspecified atom stereocenters. The lowest BCUT2D eigenvalue weighted by atomic mass is 10.1. The monoisotopic (exact) mass is 373 g/mol. The van der Waals surface area contributed by atoms with E-state index in [4.69, 9.17) is 0 Å². The molecule has 0 atom stereocenters. The minimum absolute atomic E-state index is 0.127. The first kappa shape index (κ1) is 14.9. The first-order valence-corrected chi connectivity index (χ1v) is 8.24. The number of halogens is 1. The SMILES string of the molecule is Cc1nccc(-c2cccc(NC(=O)c3csc(Br)c3)c2)n1. The highest BCUT2D eigenvalue weighted by atomic mass is 79.9. The van der Waals surface area contributed by atoms with Gasteiger partial charge in [-0.3, -0.25) is 4.79 Å². The van der Waals surface area contributed by atoms with Crippen molar-refractivity contribution in [1.29, 1.82) is 0 Å². The molecule has 0 fully saturated rings. The summed E-state index contributed by atoms with van der Waals surface area (Å²) in [5.74, 6) is 0.591. The number of rotatable bonds is 3. The zero-order valence-corrected chi connectivity index (χ0v) is 14.1. The van der Waals surface area contributed by atoms with Gasteiger partial charge < -0.3 is 5.32 Å². The number of hydrogen-bond donors (Lipinski definition) is 1. The van der Waals surface area contributed by atoms with Crippen molar-refractivity contribution in [3.05, 3.63) is 63.1 Å². The molecule has 0 saturated carbocycles. The third-order valence-corrected chi connectivity index (χ3v) is 4.53. The van der Waals surface area contributed by atoms with E-state index in [1.807, 2.05) is 42.6 Å². The van der Waals surface area contributed by atoms with Crippen LogP contribution in [0.15, 0.2) is 51.8 Å². The third kappa shape index (κ3) is 3.40. The molecular formula is C16H12BrN3OS. The van der Waals surface area contributed by atoms with Gasteiger partial charge in [0.05, 0.1) is 15.0 Å². The van der Waals surface area contributed by atoms with Crippen molar-refractivity contribution in [3.8, 4) is 11.3 Å². The molecule has 3 rings (SSSR count). The Morgan fingerprint density at radius 2 is 2.14 bits per heavy atom. The molecule has 1 amide bonds. The fraction of sp³-hybridized carbons (Fsp3) is 0.0625. The third-order valence-electron chi connectivity index (χ3n) is 3.02. The second-order valence-corrected chi connectivity index (χ2v) is 6.95. The van der Waals surface area contributed by atoms with Crippen molar-refractivity contribution in [2.24, 2.45) is 0 Å². The molecule has 0 radical (unpaired) electrons. The summed E-state index contributed by atoms with van der Waals surface area (Å²) in [7, 11) is 0. The first-order chi connectivity index (χ1) is 10.6. The summed E-state index contributed by atoms with van der Waals surface area (Å²) >= 11 is 4.84. The molecule has 0 aliphatic heterocycles. The van der Waals surface area contributed by atoms with Gasteiger partial charge >= 0.3 is 0 Å². The van der Waals surface area contributed by atoms with E-state index in [1.54, 1.807) is 12.3 Å². The zero-order chi connectivity index (χ0) is 15.5. The van der Waals surface area contributed by atoms with Crippen LogP contribution in [0.1, 0.15) is 16.2 Å². The van der Waals surface area contributed by atoms with Gasteiger partial charge in [-0.2, -0.15) is 0 Å². The van der Waals surface area contributed by atoms with Crippen molar-refractivity contribution in [2.75, 3.05) is 5.32 Å². The second-order valence-electron chi connectivity index (χ2n) is 4.66. The Morgan fingerprint density at radius 3 is 2.86 bits per heavy atom. The Labute approximate surface area is 140 Å². The summed E-state index contributed by atoms with van der Waals surface area (Å²) in [4.78, 5) is 20.7. The Kier molecular flexibility index (Phi) is 4.31. The molecule has 1 aromatic carbocycles. The van der Waals surface area contributed by atoms with Crippen molar-refractivity contribution in [1.82, 2.24) is 9.97 Å². The number of thiophene rings is 1. The Bertz CT molecular complexity index is 832. The lowest BCUT2D eigenvalue weighted by Gasteiger charge is -2.07. The minimum Gasteiger partial charge on any atom is -0.322 e. The normalized spacial score (nSPS) is 10.5. The van der Waals surface area contributed by atoms with E-state index >= 15 is 0 Å². The number of carbonyl (C=O) groups is 1. The fourth-order valence-corrected chi connectivity index (χ4v) is 3.14. The number of aryl methyl sites for hydroxylation is 1. The second kappa shape index (κ2) is 6.37. The van der Waals surface area contributed by atoms with Gasteiger partial charge in [-0.05, 0) is 47.1 Å². The number of benzene rings is 1. The van der Waals surface area contributed by atoms with E-state index in [9.17, 15) is 4.79 Å². The van der Waals surface area contributed by atoms with Crippen LogP contribution in [0.5, 0.6) is 0 Å². The van der Waals surface area contributed by atoms with Gasteiger partial charge in [0.15, 0.2) is 0 Å². The number of carbonyl (C=O) groups excluding carboxylic acids is 1. The summed E-state index contributed by atoms with van der Waals surface area (Å²) in [5, 5.41) is 4.72. The van der Waals surface area contributed by atoms with Gasteiger partial charge in [0.2, 0.25) is 0 Å². The molecule has 110 valence electrons. The molecule has 2 heterocycles. The van der Waals surface area contributed by atoms with Crippen LogP contribution in [0.3, 0.4) is 0 Å². The van der Waals surface area contributed by atoms with Crippen LogP contribution in [0.25, 0.3) is 11.3 Å². The molecule has 0 aliphatic carbocycles. The largest absolute Gasteiger partial charge is 0.322 e. The fourth-order valence-electron chi connectivity index (χ4n) is 2.01. The molecule has 2 aromatic heterocycles.